The molecule has 0 amide bonds. The molecule has 0 radical (unpaired) electrons. The van der Waals surface area contributed by atoms with E-state index >= 15 is 0 Å². The first kappa shape index (κ1) is 16.7. The van der Waals surface area contributed by atoms with Crippen LogP contribution < -0.4 is 5.32 Å². The first-order valence-electron chi connectivity index (χ1n) is 7.98. The van der Waals surface area contributed by atoms with Crippen molar-refractivity contribution in [2.45, 2.75) is 32.3 Å². The predicted octanol–water partition coefficient (Wildman–Crippen LogP) is 4.22. The molecule has 1 aliphatic heterocycles. The van der Waals surface area contributed by atoms with Crippen molar-refractivity contribution in [1.82, 2.24) is 4.98 Å². The highest BCUT2D eigenvalue weighted by atomic mass is 79.9. The van der Waals surface area contributed by atoms with Gasteiger partial charge in [0.2, 0.25) is 0 Å². The van der Waals surface area contributed by atoms with Crippen molar-refractivity contribution in [1.29, 1.82) is 0 Å². The Bertz CT molecular complexity index is 712. The summed E-state index contributed by atoms with van der Waals surface area (Å²) in [4.78, 5) is 4.70. The summed E-state index contributed by atoms with van der Waals surface area (Å²) < 4.78 is 12.4. The van der Waals surface area contributed by atoms with Crippen LogP contribution in [0.1, 0.15) is 24.1 Å². The molecule has 0 unspecified atom stereocenters. The van der Waals surface area contributed by atoms with Gasteiger partial charge in [0.25, 0.3) is 0 Å². The Labute approximate surface area is 145 Å². The Hall–Kier alpha value is -1.17. The fourth-order valence-corrected chi connectivity index (χ4v) is 3.49. The highest BCUT2D eigenvalue weighted by molar-refractivity contribution is 9.10. The van der Waals surface area contributed by atoms with Gasteiger partial charge in [-0.15, -0.1) is 0 Å². The van der Waals surface area contributed by atoms with E-state index in [1.54, 1.807) is 7.11 Å². The number of aryl methyl sites for hydroxylation is 1. The summed E-state index contributed by atoms with van der Waals surface area (Å²) in [5.74, 6) is 0. The lowest BCUT2D eigenvalue weighted by molar-refractivity contribution is -0.0807. The molecule has 124 valence electrons. The van der Waals surface area contributed by atoms with E-state index in [2.05, 4.69) is 47.2 Å². The summed E-state index contributed by atoms with van der Waals surface area (Å²) in [7, 11) is 1.80. The molecule has 2 aromatic rings. The number of ether oxygens (including phenoxy) is 2. The van der Waals surface area contributed by atoms with Gasteiger partial charge in [0, 0.05) is 61.0 Å². The van der Waals surface area contributed by atoms with Gasteiger partial charge in [-0.3, -0.25) is 4.98 Å². The number of nitrogens with one attached hydrogen (secondary N) is 1. The van der Waals surface area contributed by atoms with E-state index in [4.69, 9.17) is 14.5 Å². The van der Waals surface area contributed by atoms with Crippen LogP contribution in [0.5, 0.6) is 0 Å². The second kappa shape index (κ2) is 6.75. The largest absolute Gasteiger partial charge is 0.381 e. The number of methoxy groups -OCH3 is 1. The maximum atomic E-state index is 5.84. The number of fused-ring (bicyclic) bond motifs is 1. The van der Waals surface area contributed by atoms with Gasteiger partial charge in [0.15, 0.2) is 0 Å². The SMILES string of the molecule is COC1(CNc2c(C)c(C)nc3ccc(Br)cc23)CCOCC1. The van der Waals surface area contributed by atoms with Crippen LogP contribution in [0.2, 0.25) is 0 Å². The molecule has 2 heterocycles. The number of hydrogen-bond acceptors (Lipinski definition) is 4. The smallest absolute Gasteiger partial charge is 0.0893 e. The normalized spacial score (nSPS) is 17.4. The van der Waals surface area contributed by atoms with Crippen molar-refractivity contribution >= 4 is 32.5 Å². The van der Waals surface area contributed by atoms with Crippen molar-refractivity contribution in [3.8, 4) is 0 Å². The lowest BCUT2D eigenvalue weighted by Crippen LogP contribution is -2.44. The lowest BCUT2D eigenvalue weighted by atomic mass is 9.93. The standard InChI is InChI=1S/C18H23BrN2O2/c1-12-13(2)21-16-5-4-14(19)10-15(16)17(12)20-11-18(22-3)6-8-23-9-7-18/h4-5,10H,6-9,11H2,1-3H3,(H,20,21). The van der Waals surface area contributed by atoms with E-state index < -0.39 is 0 Å². The zero-order valence-corrected chi connectivity index (χ0v) is 15.5. The summed E-state index contributed by atoms with van der Waals surface area (Å²) in [5.41, 5.74) is 4.25. The lowest BCUT2D eigenvalue weighted by Gasteiger charge is -2.36. The summed E-state index contributed by atoms with van der Waals surface area (Å²) >= 11 is 3.56. The highest BCUT2D eigenvalue weighted by Crippen LogP contribution is 2.32. The molecule has 0 aliphatic carbocycles. The van der Waals surface area contributed by atoms with Gasteiger partial charge < -0.3 is 14.8 Å². The molecule has 5 heteroatoms. The van der Waals surface area contributed by atoms with Crippen LogP contribution in [0.4, 0.5) is 5.69 Å². The third kappa shape index (κ3) is 3.37. The molecule has 1 aromatic heterocycles. The number of halogens is 1. The van der Waals surface area contributed by atoms with Gasteiger partial charge in [-0.05, 0) is 37.6 Å². The number of benzene rings is 1. The van der Waals surface area contributed by atoms with Crippen LogP contribution in [0, 0.1) is 13.8 Å². The van der Waals surface area contributed by atoms with Crippen LogP contribution in [-0.4, -0.2) is 37.5 Å². The zero-order chi connectivity index (χ0) is 16.4. The van der Waals surface area contributed by atoms with Crippen LogP contribution in [0.15, 0.2) is 22.7 Å². The Balaban J connectivity index is 1.95. The van der Waals surface area contributed by atoms with Crippen molar-refractivity contribution in [3.05, 3.63) is 33.9 Å². The number of aromatic nitrogens is 1. The van der Waals surface area contributed by atoms with E-state index in [0.29, 0.717) is 0 Å². The minimum absolute atomic E-state index is 0.153. The van der Waals surface area contributed by atoms with Crippen LogP contribution >= 0.6 is 15.9 Å². The Morgan fingerprint density at radius 3 is 2.74 bits per heavy atom. The van der Waals surface area contributed by atoms with E-state index in [0.717, 1.165) is 59.4 Å². The van der Waals surface area contributed by atoms with E-state index in [1.807, 2.05) is 6.07 Å². The molecular weight excluding hydrogens is 356 g/mol. The fraction of sp³-hybridized carbons (Fsp3) is 0.500. The minimum atomic E-state index is -0.153. The molecule has 1 aliphatic rings. The first-order chi connectivity index (χ1) is 11.0. The molecule has 0 saturated carbocycles. The zero-order valence-electron chi connectivity index (χ0n) is 13.9. The average Bonchev–Trinajstić information content (AvgIpc) is 2.57. The predicted molar refractivity (Wildman–Crippen MR) is 97.2 cm³/mol. The fourth-order valence-electron chi connectivity index (χ4n) is 3.13. The number of nitrogens with zero attached hydrogens (tertiary/aromatic N) is 1. The third-order valence-electron chi connectivity index (χ3n) is 4.86. The van der Waals surface area contributed by atoms with Crippen LogP contribution in [0.3, 0.4) is 0 Å². The molecule has 1 aromatic carbocycles. The first-order valence-corrected chi connectivity index (χ1v) is 8.77. The molecule has 1 N–H and O–H groups in total. The van der Waals surface area contributed by atoms with Crippen molar-refractivity contribution in [2.75, 3.05) is 32.2 Å². The third-order valence-corrected chi connectivity index (χ3v) is 5.35. The monoisotopic (exact) mass is 378 g/mol. The second-order valence-corrected chi connectivity index (χ2v) is 7.13. The maximum absolute atomic E-state index is 5.84. The van der Waals surface area contributed by atoms with Crippen molar-refractivity contribution in [3.63, 3.8) is 0 Å². The average molecular weight is 379 g/mol. The molecule has 0 bridgehead atoms. The summed E-state index contributed by atoms with van der Waals surface area (Å²) in [6, 6.07) is 6.21. The van der Waals surface area contributed by atoms with Crippen molar-refractivity contribution in [2.24, 2.45) is 0 Å². The van der Waals surface area contributed by atoms with Crippen LogP contribution in [-0.2, 0) is 9.47 Å². The minimum Gasteiger partial charge on any atom is -0.381 e. The Morgan fingerprint density at radius 1 is 1.30 bits per heavy atom. The molecule has 0 spiro atoms. The summed E-state index contributed by atoms with van der Waals surface area (Å²) in [6.07, 6.45) is 1.84. The molecule has 1 saturated heterocycles. The second-order valence-electron chi connectivity index (χ2n) is 6.21. The molecule has 4 nitrogen and oxygen atoms in total. The maximum Gasteiger partial charge on any atom is 0.0893 e. The van der Waals surface area contributed by atoms with Gasteiger partial charge in [-0.2, -0.15) is 0 Å². The van der Waals surface area contributed by atoms with Gasteiger partial charge in [-0.25, -0.2) is 0 Å². The van der Waals surface area contributed by atoms with E-state index in [1.165, 1.54) is 5.56 Å². The van der Waals surface area contributed by atoms with E-state index in [9.17, 15) is 0 Å². The molecule has 1 fully saturated rings. The molecule has 23 heavy (non-hydrogen) atoms. The Kier molecular flexibility index (Phi) is 4.90. The molecular formula is C18H23BrN2O2. The topological polar surface area (TPSA) is 43.4 Å². The van der Waals surface area contributed by atoms with E-state index in [-0.39, 0.29) is 5.60 Å². The quantitative estimate of drug-likeness (QED) is 0.864. The number of anilines is 1. The number of hydrogen-bond donors (Lipinski definition) is 1. The van der Waals surface area contributed by atoms with Gasteiger partial charge in [0.1, 0.15) is 0 Å². The highest BCUT2D eigenvalue weighted by Gasteiger charge is 2.32. The number of rotatable bonds is 4. The van der Waals surface area contributed by atoms with Crippen LogP contribution in [0.25, 0.3) is 10.9 Å². The summed E-state index contributed by atoms with van der Waals surface area (Å²) in [5, 5.41) is 4.78. The van der Waals surface area contributed by atoms with Gasteiger partial charge in [0.05, 0.1) is 11.1 Å². The summed E-state index contributed by atoms with van der Waals surface area (Å²) in [6.45, 7) is 6.47. The van der Waals surface area contributed by atoms with Gasteiger partial charge >= 0.3 is 0 Å². The number of pyridine rings is 1. The van der Waals surface area contributed by atoms with Gasteiger partial charge in [-0.1, -0.05) is 15.9 Å². The van der Waals surface area contributed by atoms with Crippen molar-refractivity contribution < 1.29 is 9.47 Å². The molecule has 3 rings (SSSR count). The Morgan fingerprint density at radius 2 is 2.04 bits per heavy atom. The molecule has 0 atom stereocenters.